The van der Waals surface area contributed by atoms with Crippen LogP contribution >= 0.6 is 0 Å². The number of nitrogens with zero attached hydrogens (tertiary/aromatic N) is 1. The summed E-state index contributed by atoms with van der Waals surface area (Å²) >= 11 is 0. The van der Waals surface area contributed by atoms with Crippen molar-refractivity contribution < 1.29 is 0 Å². The van der Waals surface area contributed by atoms with Crippen LogP contribution in [0.25, 0.3) is 0 Å². The fraction of sp³-hybridized carbons (Fsp3) is 1.00. The van der Waals surface area contributed by atoms with Crippen molar-refractivity contribution in [1.82, 2.24) is 10.2 Å². The van der Waals surface area contributed by atoms with Crippen molar-refractivity contribution in [3.63, 3.8) is 0 Å². The molecule has 1 unspecified atom stereocenters. The Balaban J connectivity index is 2.65. The fourth-order valence-corrected chi connectivity index (χ4v) is 1.62. The van der Waals surface area contributed by atoms with E-state index in [1.165, 1.54) is 6.42 Å². The minimum atomic E-state index is 0.315. The van der Waals surface area contributed by atoms with Gasteiger partial charge in [-0.3, -0.25) is 4.90 Å². The quantitative estimate of drug-likeness (QED) is 0.564. The van der Waals surface area contributed by atoms with Gasteiger partial charge in [0.25, 0.3) is 0 Å². The summed E-state index contributed by atoms with van der Waals surface area (Å²) in [5.41, 5.74) is 0.315. The Kier molecular flexibility index (Phi) is 2.55. The van der Waals surface area contributed by atoms with Gasteiger partial charge in [-0.25, -0.2) is 0 Å². The summed E-state index contributed by atoms with van der Waals surface area (Å²) < 4.78 is 0. The topological polar surface area (TPSA) is 15.3 Å². The molecule has 1 fully saturated rings. The van der Waals surface area contributed by atoms with Gasteiger partial charge in [0, 0.05) is 18.1 Å². The summed E-state index contributed by atoms with van der Waals surface area (Å²) in [5, 5.41) is 3.46. The SMILES string of the molecule is CC1CCNCC(C)(C)N1C. The van der Waals surface area contributed by atoms with Crippen molar-refractivity contribution in [3.8, 4) is 0 Å². The Morgan fingerprint density at radius 2 is 2.09 bits per heavy atom. The number of rotatable bonds is 0. The van der Waals surface area contributed by atoms with Crippen LogP contribution in [-0.2, 0) is 0 Å². The largest absolute Gasteiger partial charge is 0.315 e. The summed E-state index contributed by atoms with van der Waals surface area (Å²) in [4.78, 5) is 2.47. The highest BCUT2D eigenvalue weighted by Gasteiger charge is 2.28. The monoisotopic (exact) mass is 156 g/mol. The molecule has 2 nitrogen and oxygen atoms in total. The zero-order chi connectivity index (χ0) is 8.48. The summed E-state index contributed by atoms with van der Waals surface area (Å²) in [6.07, 6.45) is 1.26. The Morgan fingerprint density at radius 1 is 1.45 bits per heavy atom. The first-order valence-corrected chi connectivity index (χ1v) is 4.48. The predicted octanol–water partition coefficient (Wildman–Crippen LogP) is 1.08. The van der Waals surface area contributed by atoms with E-state index in [4.69, 9.17) is 0 Å². The Hall–Kier alpha value is -0.0800. The summed E-state index contributed by atoms with van der Waals surface area (Å²) in [6.45, 7) is 9.15. The van der Waals surface area contributed by atoms with Gasteiger partial charge >= 0.3 is 0 Å². The molecule has 0 saturated carbocycles. The molecule has 0 aromatic carbocycles. The Morgan fingerprint density at radius 3 is 2.73 bits per heavy atom. The second-order valence-electron chi connectivity index (χ2n) is 4.24. The van der Waals surface area contributed by atoms with Gasteiger partial charge in [-0.15, -0.1) is 0 Å². The van der Waals surface area contributed by atoms with Gasteiger partial charge in [-0.2, -0.15) is 0 Å². The van der Waals surface area contributed by atoms with E-state index < -0.39 is 0 Å². The van der Waals surface area contributed by atoms with Gasteiger partial charge < -0.3 is 5.32 Å². The zero-order valence-electron chi connectivity index (χ0n) is 8.15. The van der Waals surface area contributed by atoms with Gasteiger partial charge in [0.05, 0.1) is 0 Å². The van der Waals surface area contributed by atoms with Gasteiger partial charge in [0.1, 0.15) is 0 Å². The maximum Gasteiger partial charge on any atom is 0.0277 e. The van der Waals surface area contributed by atoms with E-state index >= 15 is 0 Å². The molecule has 1 aliphatic rings. The second-order valence-corrected chi connectivity index (χ2v) is 4.24. The van der Waals surface area contributed by atoms with Crippen LogP contribution in [0.15, 0.2) is 0 Å². The lowest BCUT2D eigenvalue weighted by Gasteiger charge is -2.37. The molecule has 11 heavy (non-hydrogen) atoms. The van der Waals surface area contributed by atoms with Crippen LogP contribution in [0.3, 0.4) is 0 Å². The zero-order valence-corrected chi connectivity index (χ0v) is 8.15. The third kappa shape index (κ3) is 1.94. The normalized spacial score (nSPS) is 33.3. The molecule has 1 heterocycles. The van der Waals surface area contributed by atoms with Crippen molar-refractivity contribution in [3.05, 3.63) is 0 Å². The third-order valence-corrected chi connectivity index (χ3v) is 2.91. The Bertz CT molecular complexity index is 132. The molecule has 66 valence electrons. The highest BCUT2D eigenvalue weighted by atomic mass is 15.2. The van der Waals surface area contributed by atoms with E-state index in [1.54, 1.807) is 0 Å². The Labute approximate surface area is 70.0 Å². The van der Waals surface area contributed by atoms with Gasteiger partial charge in [-0.05, 0) is 40.8 Å². The maximum absolute atomic E-state index is 3.46. The van der Waals surface area contributed by atoms with Crippen LogP contribution in [0.2, 0.25) is 0 Å². The molecule has 1 rings (SSSR count). The van der Waals surface area contributed by atoms with Crippen molar-refractivity contribution in [2.75, 3.05) is 20.1 Å². The molecule has 0 bridgehead atoms. The van der Waals surface area contributed by atoms with E-state index in [1.807, 2.05) is 0 Å². The van der Waals surface area contributed by atoms with Crippen LogP contribution in [0.1, 0.15) is 27.2 Å². The van der Waals surface area contributed by atoms with Gasteiger partial charge in [-0.1, -0.05) is 0 Å². The lowest BCUT2D eigenvalue weighted by Crippen LogP contribution is -2.49. The first kappa shape index (κ1) is 9.01. The summed E-state index contributed by atoms with van der Waals surface area (Å²) in [6, 6.07) is 0.708. The molecule has 0 radical (unpaired) electrons. The van der Waals surface area contributed by atoms with E-state index in [2.05, 4.69) is 38.0 Å². The molecule has 2 heteroatoms. The van der Waals surface area contributed by atoms with Crippen molar-refractivity contribution in [2.24, 2.45) is 0 Å². The third-order valence-electron chi connectivity index (χ3n) is 2.91. The summed E-state index contributed by atoms with van der Waals surface area (Å²) in [5.74, 6) is 0. The highest BCUT2D eigenvalue weighted by molar-refractivity contribution is 4.87. The molecule has 1 N–H and O–H groups in total. The highest BCUT2D eigenvalue weighted by Crippen LogP contribution is 2.18. The molecule has 1 atom stereocenters. The molecule has 0 aromatic heterocycles. The lowest BCUT2D eigenvalue weighted by atomic mass is 10.0. The molecule has 0 amide bonds. The number of hydrogen-bond donors (Lipinski definition) is 1. The minimum absolute atomic E-state index is 0.315. The van der Waals surface area contributed by atoms with Crippen LogP contribution in [0.5, 0.6) is 0 Å². The fourth-order valence-electron chi connectivity index (χ4n) is 1.62. The number of likely N-dealkylation sites (N-methyl/N-ethyl adjacent to an activating group) is 1. The number of nitrogens with one attached hydrogen (secondary N) is 1. The van der Waals surface area contributed by atoms with Crippen molar-refractivity contribution in [2.45, 2.75) is 38.8 Å². The summed E-state index contributed by atoms with van der Waals surface area (Å²) in [7, 11) is 2.22. The molecular formula is C9H20N2. The van der Waals surface area contributed by atoms with Crippen LogP contribution in [-0.4, -0.2) is 36.6 Å². The molecule has 0 aromatic rings. The molecule has 1 saturated heterocycles. The van der Waals surface area contributed by atoms with Crippen LogP contribution < -0.4 is 5.32 Å². The minimum Gasteiger partial charge on any atom is -0.315 e. The van der Waals surface area contributed by atoms with Crippen molar-refractivity contribution in [1.29, 1.82) is 0 Å². The van der Waals surface area contributed by atoms with Crippen molar-refractivity contribution >= 4 is 0 Å². The van der Waals surface area contributed by atoms with Crippen LogP contribution in [0.4, 0.5) is 0 Å². The first-order valence-electron chi connectivity index (χ1n) is 4.48. The van der Waals surface area contributed by atoms with Crippen LogP contribution in [0, 0.1) is 0 Å². The maximum atomic E-state index is 3.46. The smallest absolute Gasteiger partial charge is 0.0277 e. The second kappa shape index (κ2) is 3.11. The van der Waals surface area contributed by atoms with E-state index in [9.17, 15) is 0 Å². The van der Waals surface area contributed by atoms with Gasteiger partial charge in [0.15, 0.2) is 0 Å². The average Bonchev–Trinajstić information content (AvgIpc) is 2.03. The van der Waals surface area contributed by atoms with Gasteiger partial charge in [0.2, 0.25) is 0 Å². The predicted molar refractivity (Wildman–Crippen MR) is 48.8 cm³/mol. The standard InChI is InChI=1S/C9H20N2/c1-8-5-6-10-7-9(2,3)11(8)4/h8,10H,5-7H2,1-4H3. The van der Waals surface area contributed by atoms with E-state index in [0.29, 0.717) is 11.6 Å². The average molecular weight is 156 g/mol. The first-order chi connectivity index (χ1) is 5.04. The van der Waals surface area contributed by atoms with E-state index in [-0.39, 0.29) is 0 Å². The molecule has 0 aliphatic carbocycles. The molecular weight excluding hydrogens is 136 g/mol. The number of hydrogen-bond acceptors (Lipinski definition) is 2. The molecule has 1 aliphatic heterocycles. The molecule has 0 spiro atoms. The lowest BCUT2D eigenvalue weighted by molar-refractivity contribution is 0.124. The van der Waals surface area contributed by atoms with E-state index in [0.717, 1.165) is 13.1 Å².